The Hall–Kier alpha value is -1.01. The van der Waals surface area contributed by atoms with Crippen molar-refractivity contribution in [1.29, 1.82) is 0 Å². The second-order valence-corrected chi connectivity index (χ2v) is 5.14. The fraction of sp³-hybridized carbons (Fsp3) is 0.667. The first-order valence-corrected chi connectivity index (χ1v) is 7.45. The smallest absolute Gasteiger partial charge is 0.351 e. The molecule has 0 aliphatic carbocycles. The Balaban J connectivity index is 2.20. The van der Waals surface area contributed by atoms with E-state index in [4.69, 9.17) is 4.74 Å². The lowest BCUT2D eigenvalue weighted by molar-refractivity contribution is 0.0639. The largest absolute Gasteiger partial charge is 0.357 e. The standard InChI is InChI=1S/C12H19N3O2S/c1-3-6-14(4-2)10-5-7-15(12(16)13-10)11-8-18-9-17-11/h5,7,11H,3-4,6,8-9H2,1-2H3/t11-/m0/s1. The number of thioether (sulfide) groups is 1. The van der Waals surface area contributed by atoms with Gasteiger partial charge in [-0.25, -0.2) is 4.79 Å². The predicted molar refractivity (Wildman–Crippen MR) is 74.1 cm³/mol. The highest BCUT2D eigenvalue weighted by atomic mass is 32.2. The van der Waals surface area contributed by atoms with E-state index in [1.54, 1.807) is 22.5 Å². The van der Waals surface area contributed by atoms with Gasteiger partial charge in [0.15, 0.2) is 0 Å². The highest BCUT2D eigenvalue weighted by Gasteiger charge is 2.19. The van der Waals surface area contributed by atoms with Gasteiger partial charge in [-0.05, 0) is 19.4 Å². The van der Waals surface area contributed by atoms with E-state index in [0.29, 0.717) is 5.94 Å². The van der Waals surface area contributed by atoms with Crippen molar-refractivity contribution in [1.82, 2.24) is 9.55 Å². The fourth-order valence-corrected chi connectivity index (χ4v) is 2.80. The van der Waals surface area contributed by atoms with Crippen molar-refractivity contribution in [3.05, 3.63) is 22.7 Å². The molecule has 2 heterocycles. The second-order valence-electron chi connectivity index (χ2n) is 4.17. The maximum atomic E-state index is 12.0. The molecule has 0 spiro atoms. The van der Waals surface area contributed by atoms with Crippen LogP contribution in [-0.4, -0.2) is 34.3 Å². The van der Waals surface area contributed by atoms with Gasteiger partial charge in [-0.2, -0.15) is 4.98 Å². The van der Waals surface area contributed by atoms with Crippen LogP contribution >= 0.6 is 11.8 Å². The van der Waals surface area contributed by atoms with Gasteiger partial charge in [0.2, 0.25) is 0 Å². The molecule has 6 heteroatoms. The van der Waals surface area contributed by atoms with E-state index in [9.17, 15) is 4.79 Å². The molecule has 1 aliphatic heterocycles. The molecule has 0 saturated carbocycles. The summed E-state index contributed by atoms with van der Waals surface area (Å²) in [5.41, 5.74) is -0.227. The topological polar surface area (TPSA) is 47.4 Å². The van der Waals surface area contributed by atoms with Gasteiger partial charge in [0.05, 0.1) is 5.94 Å². The van der Waals surface area contributed by atoms with Crippen LogP contribution in [0.3, 0.4) is 0 Å². The molecule has 1 aromatic rings. The van der Waals surface area contributed by atoms with Crippen LogP contribution in [0.4, 0.5) is 5.82 Å². The van der Waals surface area contributed by atoms with E-state index in [1.165, 1.54) is 0 Å². The molecule has 2 rings (SSSR count). The molecule has 1 aliphatic rings. The first-order chi connectivity index (χ1) is 8.76. The third kappa shape index (κ3) is 2.87. The predicted octanol–water partition coefficient (Wildman–Crippen LogP) is 1.70. The number of aromatic nitrogens is 2. The quantitative estimate of drug-likeness (QED) is 0.814. The van der Waals surface area contributed by atoms with Crippen molar-refractivity contribution < 1.29 is 4.74 Å². The number of ether oxygens (including phenoxy) is 1. The summed E-state index contributed by atoms with van der Waals surface area (Å²) in [5.74, 6) is 2.22. The molecule has 0 bridgehead atoms. The summed E-state index contributed by atoms with van der Waals surface area (Å²) in [7, 11) is 0. The third-order valence-corrected chi connectivity index (χ3v) is 3.75. The summed E-state index contributed by atoms with van der Waals surface area (Å²) in [6.07, 6.45) is 2.67. The molecule has 1 saturated heterocycles. The van der Waals surface area contributed by atoms with Gasteiger partial charge in [0.25, 0.3) is 0 Å². The summed E-state index contributed by atoms with van der Waals surface area (Å²) >= 11 is 1.69. The molecular weight excluding hydrogens is 250 g/mol. The zero-order valence-electron chi connectivity index (χ0n) is 10.8. The Bertz CT molecular complexity index is 443. The van der Waals surface area contributed by atoms with Crippen molar-refractivity contribution >= 4 is 17.6 Å². The number of anilines is 1. The van der Waals surface area contributed by atoms with E-state index in [-0.39, 0.29) is 11.9 Å². The molecule has 100 valence electrons. The fourth-order valence-electron chi connectivity index (χ4n) is 1.99. The zero-order valence-corrected chi connectivity index (χ0v) is 11.7. The lowest BCUT2D eigenvalue weighted by Crippen LogP contribution is -2.32. The minimum Gasteiger partial charge on any atom is -0.357 e. The first kappa shape index (κ1) is 13.4. The molecule has 1 aromatic heterocycles. The van der Waals surface area contributed by atoms with Crippen LogP contribution < -0.4 is 10.6 Å². The van der Waals surface area contributed by atoms with Gasteiger partial charge in [-0.1, -0.05) is 6.92 Å². The lowest BCUT2D eigenvalue weighted by atomic mass is 10.4. The number of hydrogen-bond acceptors (Lipinski definition) is 5. The molecule has 0 N–H and O–H groups in total. The summed E-state index contributed by atoms with van der Waals surface area (Å²) in [5, 5.41) is 0. The average Bonchev–Trinajstić information content (AvgIpc) is 2.89. The number of nitrogens with zero attached hydrogens (tertiary/aromatic N) is 3. The van der Waals surface area contributed by atoms with Gasteiger partial charge in [0.1, 0.15) is 12.0 Å². The van der Waals surface area contributed by atoms with E-state index < -0.39 is 0 Å². The summed E-state index contributed by atoms with van der Waals surface area (Å²) in [4.78, 5) is 18.2. The Kier molecular flexibility index (Phi) is 4.66. The molecular formula is C12H19N3O2S. The molecule has 0 amide bonds. The monoisotopic (exact) mass is 269 g/mol. The van der Waals surface area contributed by atoms with E-state index in [2.05, 4.69) is 23.7 Å². The first-order valence-electron chi connectivity index (χ1n) is 6.29. The van der Waals surface area contributed by atoms with Crippen LogP contribution in [0.2, 0.25) is 0 Å². The Labute approximate surface area is 111 Å². The number of hydrogen-bond donors (Lipinski definition) is 0. The zero-order chi connectivity index (χ0) is 13.0. The Morgan fingerprint density at radius 1 is 1.61 bits per heavy atom. The van der Waals surface area contributed by atoms with Crippen LogP contribution in [0.15, 0.2) is 17.1 Å². The van der Waals surface area contributed by atoms with Crippen LogP contribution in [0.25, 0.3) is 0 Å². The van der Waals surface area contributed by atoms with E-state index in [1.807, 2.05) is 6.07 Å². The number of rotatable bonds is 5. The van der Waals surface area contributed by atoms with Gasteiger partial charge in [-0.15, -0.1) is 11.8 Å². The summed E-state index contributed by atoms with van der Waals surface area (Å²) in [6.45, 7) is 5.97. The summed E-state index contributed by atoms with van der Waals surface area (Å²) in [6, 6.07) is 1.90. The normalized spacial score (nSPS) is 19.1. The second kappa shape index (κ2) is 6.24. The van der Waals surface area contributed by atoms with Crippen LogP contribution in [0.1, 0.15) is 26.5 Å². The summed E-state index contributed by atoms with van der Waals surface area (Å²) < 4.78 is 7.04. The molecule has 1 fully saturated rings. The highest BCUT2D eigenvalue weighted by molar-refractivity contribution is 7.99. The van der Waals surface area contributed by atoms with Crippen molar-refractivity contribution in [3.63, 3.8) is 0 Å². The maximum absolute atomic E-state index is 12.0. The minimum atomic E-state index is -0.227. The van der Waals surface area contributed by atoms with Gasteiger partial charge in [-0.3, -0.25) is 4.57 Å². The maximum Gasteiger partial charge on any atom is 0.351 e. The van der Waals surface area contributed by atoms with Gasteiger partial charge < -0.3 is 9.64 Å². The van der Waals surface area contributed by atoms with Crippen LogP contribution in [-0.2, 0) is 4.74 Å². The average molecular weight is 269 g/mol. The molecule has 0 radical (unpaired) electrons. The van der Waals surface area contributed by atoms with Crippen molar-refractivity contribution in [2.24, 2.45) is 0 Å². The minimum absolute atomic E-state index is 0.162. The lowest BCUT2D eigenvalue weighted by Gasteiger charge is -2.21. The molecule has 1 atom stereocenters. The van der Waals surface area contributed by atoms with Crippen LogP contribution in [0, 0.1) is 0 Å². The van der Waals surface area contributed by atoms with E-state index >= 15 is 0 Å². The van der Waals surface area contributed by atoms with Crippen molar-refractivity contribution in [2.45, 2.75) is 26.5 Å². The van der Waals surface area contributed by atoms with Crippen molar-refractivity contribution in [2.75, 3.05) is 29.7 Å². The van der Waals surface area contributed by atoms with Gasteiger partial charge >= 0.3 is 5.69 Å². The highest BCUT2D eigenvalue weighted by Crippen LogP contribution is 2.23. The third-order valence-electron chi connectivity index (χ3n) is 2.93. The van der Waals surface area contributed by atoms with Gasteiger partial charge in [0, 0.05) is 25.0 Å². The van der Waals surface area contributed by atoms with Crippen molar-refractivity contribution in [3.8, 4) is 0 Å². The molecule has 18 heavy (non-hydrogen) atoms. The Morgan fingerprint density at radius 3 is 3.00 bits per heavy atom. The molecule has 0 aromatic carbocycles. The van der Waals surface area contributed by atoms with Crippen LogP contribution in [0.5, 0.6) is 0 Å². The Morgan fingerprint density at radius 2 is 2.44 bits per heavy atom. The SMILES string of the molecule is CCCN(CC)c1ccn([C@@H]2CSCO2)c(=O)n1. The molecule has 0 unspecified atom stereocenters. The van der Waals surface area contributed by atoms with E-state index in [0.717, 1.165) is 31.1 Å². The molecule has 5 nitrogen and oxygen atoms in total.